The van der Waals surface area contributed by atoms with E-state index in [0.29, 0.717) is 18.5 Å². The third kappa shape index (κ3) is 2.98. The molecule has 1 aliphatic rings. The minimum absolute atomic E-state index is 0.0182. The molecule has 2 rings (SSSR count). The van der Waals surface area contributed by atoms with Crippen LogP contribution in [0.4, 0.5) is 0 Å². The molecular formula is C16H18N4O. The van der Waals surface area contributed by atoms with Gasteiger partial charge in [-0.1, -0.05) is 54.5 Å². The van der Waals surface area contributed by atoms with E-state index in [-0.39, 0.29) is 18.0 Å². The van der Waals surface area contributed by atoms with Crippen molar-refractivity contribution >= 4 is 5.91 Å². The van der Waals surface area contributed by atoms with Crippen molar-refractivity contribution in [2.75, 3.05) is 6.54 Å². The Morgan fingerprint density at radius 2 is 2.19 bits per heavy atom. The predicted molar refractivity (Wildman–Crippen MR) is 82.4 cm³/mol. The molecule has 0 aromatic heterocycles. The maximum atomic E-state index is 12.3. The molecule has 108 valence electrons. The van der Waals surface area contributed by atoms with Gasteiger partial charge in [-0.25, -0.2) is 0 Å². The van der Waals surface area contributed by atoms with Gasteiger partial charge in [-0.2, -0.15) is 0 Å². The van der Waals surface area contributed by atoms with E-state index in [2.05, 4.69) is 16.6 Å². The Morgan fingerprint density at radius 3 is 2.76 bits per heavy atom. The highest BCUT2D eigenvalue weighted by molar-refractivity contribution is 6.02. The summed E-state index contributed by atoms with van der Waals surface area (Å²) >= 11 is 0. The lowest BCUT2D eigenvalue weighted by Crippen LogP contribution is -2.49. The number of hydrogen-bond acceptors (Lipinski definition) is 2. The van der Waals surface area contributed by atoms with Gasteiger partial charge < -0.3 is 4.90 Å². The molecule has 0 N–H and O–H groups in total. The zero-order chi connectivity index (χ0) is 15.2. The van der Waals surface area contributed by atoms with Gasteiger partial charge in [-0.15, -0.1) is 6.58 Å². The SMILES string of the molecule is C=CCN1C(=O)/C(=C\[C@H](CC)N=[N+]=[N-])[C@@H]1c1ccccc1. The zero-order valence-corrected chi connectivity index (χ0v) is 12.0. The summed E-state index contributed by atoms with van der Waals surface area (Å²) < 4.78 is 0. The topological polar surface area (TPSA) is 69.1 Å². The minimum Gasteiger partial charge on any atom is -0.324 e. The fourth-order valence-electron chi connectivity index (χ4n) is 2.49. The van der Waals surface area contributed by atoms with Gasteiger partial charge in [0.05, 0.1) is 12.1 Å². The van der Waals surface area contributed by atoms with E-state index in [1.54, 1.807) is 17.1 Å². The van der Waals surface area contributed by atoms with E-state index in [9.17, 15) is 4.79 Å². The van der Waals surface area contributed by atoms with Crippen LogP contribution < -0.4 is 0 Å². The van der Waals surface area contributed by atoms with E-state index in [1.165, 1.54) is 0 Å². The average molecular weight is 282 g/mol. The Kier molecular flexibility index (Phi) is 4.80. The van der Waals surface area contributed by atoms with E-state index in [4.69, 9.17) is 5.53 Å². The Hall–Kier alpha value is -2.52. The number of amides is 1. The highest BCUT2D eigenvalue weighted by Gasteiger charge is 2.42. The second-order valence-corrected chi connectivity index (χ2v) is 4.86. The molecule has 1 aromatic carbocycles. The van der Waals surface area contributed by atoms with Gasteiger partial charge in [0.15, 0.2) is 0 Å². The maximum Gasteiger partial charge on any atom is 0.252 e. The highest BCUT2D eigenvalue weighted by Crippen LogP contribution is 2.39. The number of likely N-dealkylation sites (tertiary alicyclic amines) is 1. The Morgan fingerprint density at radius 1 is 1.48 bits per heavy atom. The van der Waals surface area contributed by atoms with Crippen molar-refractivity contribution in [3.8, 4) is 0 Å². The van der Waals surface area contributed by atoms with Crippen molar-refractivity contribution in [2.45, 2.75) is 25.4 Å². The average Bonchev–Trinajstić information content (AvgIpc) is 2.53. The third-order valence-corrected chi connectivity index (χ3v) is 3.55. The molecule has 0 bridgehead atoms. The van der Waals surface area contributed by atoms with E-state index < -0.39 is 0 Å². The quantitative estimate of drug-likeness (QED) is 0.195. The van der Waals surface area contributed by atoms with Crippen molar-refractivity contribution in [3.63, 3.8) is 0 Å². The maximum absolute atomic E-state index is 12.3. The van der Waals surface area contributed by atoms with Crippen LogP contribution in [0, 0.1) is 0 Å². The fraction of sp³-hybridized carbons (Fsp3) is 0.312. The summed E-state index contributed by atoms with van der Waals surface area (Å²) in [4.78, 5) is 16.9. The van der Waals surface area contributed by atoms with Gasteiger partial charge in [0, 0.05) is 17.0 Å². The molecule has 0 radical (unpaired) electrons. The number of β-lactam (4-membered cyclic amide) rings is 1. The van der Waals surface area contributed by atoms with Gasteiger partial charge in [0.25, 0.3) is 5.91 Å². The monoisotopic (exact) mass is 282 g/mol. The van der Waals surface area contributed by atoms with Crippen LogP contribution in [0.25, 0.3) is 10.4 Å². The normalized spacial score (nSPS) is 20.6. The van der Waals surface area contributed by atoms with Crippen LogP contribution in [0.2, 0.25) is 0 Å². The molecule has 1 aliphatic heterocycles. The second kappa shape index (κ2) is 6.77. The summed E-state index contributed by atoms with van der Waals surface area (Å²) in [5, 5.41) is 3.71. The van der Waals surface area contributed by atoms with Crippen molar-refractivity contribution in [2.24, 2.45) is 5.11 Å². The molecule has 1 heterocycles. The van der Waals surface area contributed by atoms with Gasteiger partial charge in [-0.05, 0) is 17.5 Å². The molecule has 0 aliphatic carbocycles. The molecule has 0 unspecified atom stereocenters. The highest BCUT2D eigenvalue weighted by atomic mass is 16.2. The molecule has 1 saturated heterocycles. The number of carbonyl (C=O) groups is 1. The molecule has 1 amide bonds. The molecule has 0 saturated carbocycles. The van der Waals surface area contributed by atoms with E-state index >= 15 is 0 Å². The number of nitrogens with zero attached hydrogens (tertiary/aromatic N) is 4. The summed E-state index contributed by atoms with van der Waals surface area (Å²) in [5.74, 6) is -0.0182. The summed E-state index contributed by atoms with van der Waals surface area (Å²) in [6.45, 7) is 6.13. The molecule has 21 heavy (non-hydrogen) atoms. The van der Waals surface area contributed by atoms with Crippen LogP contribution in [0.5, 0.6) is 0 Å². The predicted octanol–water partition coefficient (Wildman–Crippen LogP) is 3.77. The largest absolute Gasteiger partial charge is 0.324 e. The summed E-state index contributed by atoms with van der Waals surface area (Å²) in [5.41, 5.74) is 10.3. The minimum atomic E-state index is -0.286. The van der Waals surface area contributed by atoms with Crippen molar-refractivity contribution in [3.05, 3.63) is 70.6 Å². The van der Waals surface area contributed by atoms with Gasteiger partial charge in [0.1, 0.15) is 0 Å². The lowest BCUT2D eigenvalue weighted by Gasteiger charge is -2.43. The smallest absolute Gasteiger partial charge is 0.252 e. The summed E-state index contributed by atoms with van der Waals surface area (Å²) in [7, 11) is 0. The lowest BCUT2D eigenvalue weighted by atomic mass is 9.86. The number of carbonyl (C=O) groups excluding carboxylic acids is 1. The van der Waals surface area contributed by atoms with Crippen LogP contribution in [-0.4, -0.2) is 23.4 Å². The Labute approximate surface area is 124 Å². The fourth-order valence-corrected chi connectivity index (χ4v) is 2.49. The lowest BCUT2D eigenvalue weighted by molar-refractivity contribution is -0.136. The first kappa shape index (κ1) is 14.9. The molecule has 1 fully saturated rings. The van der Waals surface area contributed by atoms with Crippen LogP contribution >= 0.6 is 0 Å². The number of rotatable bonds is 6. The summed E-state index contributed by atoms with van der Waals surface area (Å²) in [6, 6.07) is 9.47. The molecule has 2 atom stereocenters. The molecule has 1 aromatic rings. The van der Waals surface area contributed by atoms with Crippen LogP contribution in [0.1, 0.15) is 24.9 Å². The Bertz CT molecular complexity index is 602. The standard InChI is InChI=1S/C16H18N4O/c1-3-10-20-15(12-8-6-5-7-9-12)14(16(20)21)11-13(4-2)18-19-17/h3,5-9,11,13,15H,1,4,10H2,2H3/b14-11-/t13-,15-/m0/s1. The molecule has 0 spiro atoms. The number of azide groups is 1. The van der Waals surface area contributed by atoms with Crippen LogP contribution in [0.15, 0.2) is 59.8 Å². The molecule has 5 nitrogen and oxygen atoms in total. The number of benzene rings is 1. The van der Waals surface area contributed by atoms with E-state index in [0.717, 1.165) is 5.56 Å². The van der Waals surface area contributed by atoms with Crippen LogP contribution in [-0.2, 0) is 4.79 Å². The van der Waals surface area contributed by atoms with Gasteiger partial charge >= 0.3 is 0 Å². The zero-order valence-electron chi connectivity index (χ0n) is 12.0. The second-order valence-electron chi connectivity index (χ2n) is 4.86. The molecule has 5 heteroatoms. The Balaban J connectivity index is 2.35. The summed E-state index contributed by atoms with van der Waals surface area (Å²) in [6.07, 6.45) is 4.18. The third-order valence-electron chi connectivity index (χ3n) is 3.55. The first-order valence-corrected chi connectivity index (χ1v) is 6.95. The van der Waals surface area contributed by atoms with Gasteiger partial charge in [0.2, 0.25) is 0 Å². The van der Waals surface area contributed by atoms with Crippen molar-refractivity contribution in [1.82, 2.24) is 4.90 Å². The van der Waals surface area contributed by atoms with Gasteiger partial charge in [-0.3, -0.25) is 4.79 Å². The molecular weight excluding hydrogens is 264 g/mol. The van der Waals surface area contributed by atoms with Crippen LogP contribution in [0.3, 0.4) is 0 Å². The van der Waals surface area contributed by atoms with Crippen molar-refractivity contribution in [1.29, 1.82) is 0 Å². The first-order chi connectivity index (χ1) is 10.2. The number of hydrogen-bond donors (Lipinski definition) is 0. The van der Waals surface area contributed by atoms with Crippen molar-refractivity contribution < 1.29 is 4.79 Å². The first-order valence-electron chi connectivity index (χ1n) is 6.95. The van der Waals surface area contributed by atoms with E-state index in [1.807, 2.05) is 37.3 Å².